The van der Waals surface area contributed by atoms with E-state index in [4.69, 9.17) is 33.7 Å². The molecule has 3 fully saturated rings. The number of benzene rings is 2. The van der Waals surface area contributed by atoms with Crippen molar-refractivity contribution in [2.45, 2.75) is 109 Å². The van der Waals surface area contributed by atoms with E-state index in [1.807, 2.05) is 51.1 Å². The largest absolute Gasteiger partial charge is 0.461 e. The molecule has 0 spiro atoms. The van der Waals surface area contributed by atoms with E-state index in [0.717, 1.165) is 37.5 Å². The molecule has 15 nitrogen and oxygen atoms in total. The first-order valence-corrected chi connectivity index (χ1v) is 19.0. The lowest BCUT2D eigenvalue weighted by atomic mass is 9.96. The Hall–Kier alpha value is -3.85. The van der Waals surface area contributed by atoms with Gasteiger partial charge < -0.3 is 29.2 Å². The Balaban J connectivity index is 1.20. The van der Waals surface area contributed by atoms with Gasteiger partial charge in [0.25, 0.3) is 5.56 Å². The highest BCUT2D eigenvalue weighted by Crippen LogP contribution is 2.53. The molecule has 2 aliphatic heterocycles. The minimum absolute atomic E-state index is 0.0721. The maximum absolute atomic E-state index is 15.0. The number of nitrogens with zero attached hydrogens (tertiary/aromatic N) is 3. The number of nitrogen functional groups attached to an aromatic ring is 1. The lowest BCUT2D eigenvalue weighted by molar-refractivity contribution is -0.216. The molecule has 51 heavy (non-hydrogen) atoms. The average Bonchev–Trinajstić information content (AvgIpc) is 3.69. The number of hydrogen-bond donors (Lipinski definition) is 3. The lowest BCUT2D eigenvalue weighted by Crippen LogP contribution is -2.44. The number of aromatic nitrogens is 4. The number of hydrogen-bond acceptors (Lipinski definition) is 12. The van der Waals surface area contributed by atoms with E-state index in [0.29, 0.717) is 11.1 Å². The first-order valence-electron chi connectivity index (χ1n) is 17.4. The third-order valence-corrected chi connectivity index (χ3v) is 11.2. The number of H-pyrrole nitrogens is 1. The monoisotopic (exact) mass is 724 g/mol. The van der Waals surface area contributed by atoms with Crippen molar-refractivity contribution >= 4 is 41.6 Å². The van der Waals surface area contributed by atoms with Crippen LogP contribution < -0.4 is 20.9 Å². The Labute approximate surface area is 295 Å². The van der Waals surface area contributed by atoms with Crippen LogP contribution in [0.25, 0.3) is 21.9 Å². The Kier molecular flexibility index (Phi) is 9.48. The molecular formula is C35H45N6O9P. The fourth-order valence-corrected chi connectivity index (χ4v) is 9.04. The van der Waals surface area contributed by atoms with Gasteiger partial charge >= 0.3 is 13.7 Å². The van der Waals surface area contributed by atoms with E-state index >= 15 is 0 Å². The molecule has 4 heterocycles. The molecular weight excluding hydrogens is 679 g/mol. The maximum atomic E-state index is 15.0. The number of nitrogens with two attached hydrogens (primary N) is 1. The molecule has 16 heteroatoms. The molecule has 6 atom stereocenters. The van der Waals surface area contributed by atoms with E-state index in [-0.39, 0.29) is 35.7 Å². The van der Waals surface area contributed by atoms with E-state index < -0.39 is 55.1 Å². The quantitative estimate of drug-likeness (QED) is 0.133. The van der Waals surface area contributed by atoms with Gasteiger partial charge in [-0.3, -0.25) is 23.7 Å². The van der Waals surface area contributed by atoms with Gasteiger partial charge in [-0.2, -0.15) is 10.1 Å². The van der Waals surface area contributed by atoms with Crippen LogP contribution in [-0.2, 0) is 32.8 Å². The highest BCUT2D eigenvalue weighted by atomic mass is 31.2. The number of aromatic amines is 1. The zero-order chi connectivity index (χ0) is 36.1. The van der Waals surface area contributed by atoms with Gasteiger partial charge in [0, 0.05) is 5.39 Å². The molecule has 1 saturated carbocycles. The highest BCUT2D eigenvalue weighted by molar-refractivity contribution is 7.52. The van der Waals surface area contributed by atoms with Crippen molar-refractivity contribution in [3.8, 4) is 5.75 Å². The minimum Gasteiger partial charge on any atom is -0.461 e. The normalized spacial score (nSPS) is 26.7. The summed E-state index contributed by atoms with van der Waals surface area (Å²) < 4.78 is 54.3. The van der Waals surface area contributed by atoms with E-state index in [1.165, 1.54) is 6.33 Å². The number of esters is 1. The number of anilines is 1. The summed E-state index contributed by atoms with van der Waals surface area (Å²) in [4.78, 5) is 37.2. The van der Waals surface area contributed by atoms with Gasteiger partial charge in [-0.05, 0) is 63.8 Å². The van der Waals surface area contributed by atoms with Crippen molar-refractivity contribution < 1.29 is 37.4 Å². The van der Waals surface area contributed by atoms with Crippen molar-refractivity contribution in [3.63, 3.8) is 0 Å². The Bertz CT molecular complexity index is 2020. The second kappa shape index (κ2) is 13.6. The molecule has 1 aliphatic carbocycles. The second-order valence-electron chi connectivity index (χ2n) is 14.4. The number of fused-ring (bicyclic) bond motifs is 3. The molecule has 7 rings (SSSR count). The van der Waals surface area contributed by atoms with Crippen LogP contribution in [0.1, 0.15) is 73.0 Å². The van der Waals surface area contributed by atoms with Crippen LogP contribution in [-0.4, -0.2) is 67.8 Å². The molecule has 274 valence electrons. The van der Waals surface area contributed by atoms with Crippen molar-refractivity contribution in [1.82, 2.24) is 24.6 Å². The van der Waals surface area contributed by atoms with Gasteiger partial charge in [-0.1, -0.05) is 56.7 Å². The number of imidazole rings is 1. The van der Waals surface area contributed by atoms with Crippen molar-refractivity contribution in [3.05, 3.63) is 59.1 Å². The van der Waals surface area contributed by atoms with Crippen LogP contribution >= 0.6 is 7.75 Å². The topological polar surface area (TPSA) is 191 Å². The van der Waals surface area contributed by atoms with Crippen LogP contribution in [0.15, 0.2) is 53.6 Å². The number of carbonyl (C=O) groups is 1. The van der Waals surface area contributed by atoms with Gasteiger partial charge in [-0.15, -0.1) is 0 Å². The molecule has 1 unspecified atom stereocenters. The summed E-state index contributed by atoms with van der Waals surface area (Å²) in [5.74, 6) is -1.66. The van der Waals surface area contributed by atoms with E-state index in [9.17, 15) is 14.2 Å². The summed E-state index contributed by atoms with van der Waals surface area (Å²) in [5, 5.41) is 4.53. The van der Waals surface area contributed by atoms with Crippen LogP contribution in [0.3, 0.4) is 0 Å². The number of rotatable bonds is 11. The molecule has 0 radical (unpaired) electrons. The van der Waals surface area contributed by atoms with Gasteiger partial charge in [0.2, 0.25) is 5.95 Å². The highest BCUT2D eigenvalue weighted by Gasteiger charge is 2.64. The summed E-state index contributed by atoms with van der Waals surface area (Å²) >= 11 is 0. The summed E-state index contributed by atoms with van der Waals surface area (Å²) in [6.45, 7) is 8.76. The van der Waals surface area contributed by atoms with Crippen molar-refractivity contribution in [2.24, 2.45) is 5.92 Å². The third-order valence-electron chi connectivity index (χ3n) is 9.71. The maximum Gasteiger partial charge on any atom is 0.459 e. The number of carbonyl (C=O) groups excluding carboxylic acids is 1. The first kappa shape index (κ1) is 35.5. The molecule has 2 aromatic heterocycles. The van der Waals surface area contributed by atoms with Gasteiger partial charge in [0.05, 0.1) is 12.9 Å². The summed E-state index contributed by atoms with van der Waals surface area (Å²) in [5.41, 5.74) is 4.51. The molecule has 2 saturated heterocycles. The third kappa shape index (κ3) is 7.03. The van der Waals surface area contributed by atoms with Crippen LogP contribution in [0.2, 0.25) is 0 Å². The predicted octanol–water partition coefficient (Wildman–Crippen LogP) is 5.36. The summed E-state index contributed by atoms with van der Waals surface area (Å²) in [6, 6.07) is 11.9. The minimum atomic E-state index is -4.36. The molecule has 4 N–H and O–H groups in total. The second-order valence-corrected chi connectivity index (χ2v) is 16.1. The Morgan fingerprint density at radius 2 is 1.88 bits per heavy atom. The van der Waals surface area contributed by atoms with E-state index in [2.05, 4.69) is 20.0 Å². The van der Waals surface area contributed by atoms with Gasteiger partial charge in [-0.25, -0.2) is 9.55 Å². The summed E-state index contributed by atoms with van der Waals surface area (Å²) in [7, 11) is -4.36. The zero-order valence-electron chi connectivity index (χ0n) is 29.4. The number of ether oxygens (including phenoxy) is 4. The van der Waals surface area contributed by atoms with Gasteiger partial charge in [0.15, 0.2) is 23.2 Å². The average molecular weight is 725 g/mol. The summed E-state index contributed by atoms with van der Waals surface area (Å²) in [6.07, 6.45) is 3.39. The van der Waals surface area contributed by atoms with Crippen molar-refractivity contribution in [2.75, 3.05) is 12.3 Å². The smallest absolute Gasteiger partial charge is 0.459 e. The van der Waals surface area contributed by atoms with Crippen LogP contribution in [0.4, 0.5) is 5.95 Å². The fraction of sp³-hybridized carbons (Fsp3) is 0.543. The van der Waals surface area contributed by atoms with Gasteiger partial charge in [0.1, 0.15) is 35.7 Å². The molecule has 0 bridgehead atoms. The molecule has 0 amide bonds. The Morgan fingerprint density at radius 1 is 1.14 bits per heavy atom. The Morgan fingerprint density at radius 3 is 2.65 bits per heavy atom. The molecule has 4 aromatic rings. The fourth-order valence-electron chi connectivity index (χ4n) is 7.36. The molecule has 2 aromatic carbocycles. The van der Waals surface area contributed by atoms with E-state index in [1.54, 1.807) is 30.5 Å². The van der Waals surface area contributed by atoms with Crippen LogP contribution in [0, 0.1) is 5.92 Å². The predicted molar refractivity (Wildman–Crippen MR) is 188 cm³/mol. The standard InChI is InChI=1S/C35H45N6O9P/c1-20(2)26(31(43)46-22-14-7-6-8-15-22)40-51(44,49-24-17-11-13-21-12-9-10-16-23(21)24)45-18-25-28-35(5,50-34(3,4)48-28)32(47-25)41-19-37-27-29(41)38-33(36)39-30(27)42/h9-13,16-17,19-20,22,25-26,28,32H,6-8,14-15,18H2,1-5H3,(H,40,44)(H3,36,38,39,42)/t25-,26+,28-,32-,35-,51?/m1/s1. The number of nitrogens with one attached hydrogen (secondary N) is 2. The van der Waals surface area contributed by atoms with Crippen molar-refractivity contribution in [1.29, 1.82) is 0 Å². The SMILES string of the molecule is CC(C)[C@H](NP(=O)(OC[C@H]1O[C@@H](n2cnc3c(=O)[nH]c(N)nc32)[C@]2(C)OC(C)(C)O[C@H]12)Oc1cccc2ccccc12)C(=O)OC1CCCCC1. The molecule has 3 aliphatic rings. The van der Waals surface area contributed by atoms with Crippen LogP contribution in [0.5, 0.6) is 5.75 Å². The first-order chi connectivity index (χ1) is 24.3. The lowest BCUT2D eigenvalue weighted by Gasteiger charge is -2.30. The zero-order valence-corrected chi connectivity index (χ0v) is 30.3.